The van der Waals surface area contributed by atoms with Gasteiger partial charge < -0.3 is 11.1 Å². The molecule has 16 heavy (non-hydrogen) atoms. The van der Waals surface area contributed by atoms with Crippen molar-refractivity contribution in [1.82, 2.24) is 14.1 Å². The topological polar surface area (TPSA) is 110 Å². The van der Waals surface area contributed by atoms with Crippen LogP contribution in [0.3, 0.4) is 0 Å². The highest BCUT2D eigenvalue weighted by Gasteiger charge is 2.22. The first-order valence-corrected chi connectivity index (χ1v) is 7.16. The number of aromatic nitrogens is 2. The van der Waals surface area contributed by atoms with E-state index in [2.05, 4.69) is 19.4 Å². The zero-order valence-electron chi connectivity index (χ0n) is 9.31. The number of sulfonamides is 1. The Hall–Kier alpha value is -0.930. The Labute approximate surface area is 98.7 Å². The molecule has 0 saturated carbocycles. The summed E-state index contributed by atoms with van der Waals surface area (Å²) in [7, 11) is -3.23. The molecule has 0 bridgehead atoms. The average molecular weight is 265 g/mol. The van der Waals surface area contributed by atoms with Gasteiger partial charge in [-0.05, 0) is 13.8 Å². The van der Waals surface area contributed by atoms with Crippen molar-refractivity contribution in [3.63, 3.8) is 0 Å². The van der Waals surface area contributed by atoms with Crippen LogP contribution in [0.2, 0.25) is 0 Å². The SMILES string of the molecule is CC(C)(CNc1nc(N)ns1)NS(C)(=O)=O. The fraction of sp³-hybridized carbons (Fsp3) is 0.714. The van der Waals surface area contributed by atoms with E-state index >= 15 is 0 Å². The maximum atomic E-state index is 11.1. The largest absolute Gasteiger partial charge is 0.367 e. The summed E-state index contributed by atoms with van der Waals surface area (Å²) in [5.74, 6) is 0.210. The van der Waals surface area contributed by atoms with Crippen LogP contribution in [0.25, 0.3) is 0 Å². The highest BCUT2D eigenvalue weighted by molar-refractivity contribution is 7.88. The maximum absolute atomic E-state index is 11.1. The molecule has 0 aliphatic heterocycles. The van der Waals surface area contributed by atoms with Gasteiger partial charge in [0.05, 0.1) is 6.26 Å². The van der Waals surface area contributed by atoms with Gasteiger partial charge in [0.2, 0.25) is 21.1 Å². The molecule has 92 valence electrons. The van der Waals surface area contributed by atoms with Gasteiger partial charge in [0.25, 0.3) is 0 Å². The predicted molar refractivity (Wildman–Crippen MR) is 64.9 cm³/mol. The number of nitrogens with one attached hydrogen (secondary N) is 2. The molecule has 7 nitrogen and oxygen atoms in total. The Balaban J connectivity index is 2.54. The van der Waals surface area contributed by atoms with Crippen LogP contribution in [0.4, 0.5) is 11.1 Å². The average Bonchev–Trinajstić information content (AvgIpc) is 2.44. The van der Waals surface area contributed by atoms with E-state index in [0.717, 1.165) is 17.8 Å². The third kappa shape index (κ3) is 4.73. The van der Waals surface area contributed by atoms with Gasteiger partial charge in [0, 0.05) is 23.6 Å². The van der Waals surface area contributed by atoms with Gasteiger partial charge in [-0.15, -0.1) is 0 Å². The molecule has 0 aliphatic carbocycles. The van der Waals surface area contributed by atoms with Gasteiger partial charge in [0.15, 0.2) is 0 Å². The fourth-order valence-electron chi connectivity index (χ4n) is 1.14. The Bertz CT molecular complexity index is 453. The third-order valence-electron chi connectivity index (χ3n) is 1.58. The summed E-state index contributed by atoms with van der Waals surface area (Å²) in [4.78, 5) is 3.91. The predicted octanol–water partition coefficient (Wildman–Crippen LogP) is -0.140. The summed E-state index contributed by atoms with van der Waals surface area (Å²) in [5.41, 5.74) is 4.75. The van der Waals surface area contributed by atoms with E-state index in [4.69, 9.17) is 5.73 Å². The Kier molecular flexibility index (Phi) is 3.71. The second-order valence-electron chi connectivity index (χ2n) is 4.07. The van der Waals surface area contributed by atoms with Crippen LogP contribution in [0.1, 0.15) is 13.8 Å². The van der Waals surface area contributed by atoms with Crippen LogP contribution in [0, 0.1) is 0 Å². The first kappa shape index (κ1) is 13.1. The Morgan fingerprint density at radius 1 is 1.50 bits per heavy atom. The number of nitrogens with two attached hydrogens (primary N) is 1. The number of rotatable bonds is 5. The van der Waals surface area contributed by atoms with Crippen molar-refractivity contribution < 1.29 is 8.42 Å². The van der Waals surface area contributed by atoms with Gasteiger partial charge in [-0.1, -0.05) is 0 Å². The van der Waals surface area contributed by atoms with Gasteiger partial charge in [-0.2, -0.15) is 9.36 Å². The van der Waals surface area contributed by atoms with Crippen molar-refractivity contribution >= 4 is 32.6 Å². The van der Waals surface area contributed by atoms with E-state index in [1.54, 1.807) is 13.8 Å². The molecular formula is C7H15N5O2S2. The van der Waals surface area contributed by atoms with Gasteiger partial charge in [-0.25, -0.2) is 13.1 Å². The number of anilines is 2. The zero-order valence-corrected chi connectivity index (χ0v) is 10.9. The lowest BCUT2D eigenvalue weighted by Gasteiger charge is -2.24. The summed E-state index contributed by atoms with van der Waals surface area (Å²) >= 11 is 1.13. The molecule has 1 aromatic rings. The van der Waals surface area contributed by atoms with Crippen molar-refractivity contribution in [1.29, 1.82) is 0 Å². The molecule has 1 aromatic heterocycles. The molecule has 9 heteroatoms. The lowest BCUT2D eigenvalue weighted by molar-refractivity contribution is 0.476. The molecule has 1 heterocycles. The normalized spacial score (nSPS) is 12.7. The van der Waals surface area contributed by atoms with E-state index < -0.39 is 15.6 Å². The second-order valence-corrected chi connectivity index (χ2v) is 6.57. The Morgan fingerprint density at radius 2 is 2.12 bits per heavy atom. The molecular weight excluding hydrogens is 250 g/mol. The molecule has 1 rings (SSSR count). The quantitative estimate of drug-likeness (QED) is 0.683. The smallest absolute Gasteiger partial charge is 0.233 e. The van der Waals surface area contributed by atoms with Gasteiger partial charge in [-0.3, -0.25) is 0 Å². The summed E-state index contributed by atoms with van der Waals surface area (Å²) in [6.45, 7) is 3.94. The van der Waals surface area contributed by atoms with Gasteiger partial charge in [0.1, 0.15) is 0 Å². The minimum atomic E-state index is -3.23. The minimum Gasteiger partial charge on any atom is -0.367 e. The lowest BCUT2D eigenvalue weighted by Crippen LogP contribution is -2.47. The minimum absolute atomic E-state index is 0.210. The number of hydrogen-bond donors (Lipinski definition) is 3. The third-order valence-corrected chi connectivity index (χ3v) is 3.20. The van der Waals surface area contributed by atoms with Crippen LogP contribution >= 0.6 is 11.5 Å². The summed E-state index contributed by atoms with van der Waals surface area (Å²) < 4.78 is 28.5. The number of nitrogen functional groups attached to an aromatic ring is 1. The summed E-state index contributed by atoms with van der Waals surface area (Å²) in [5, 5.41) is 3.54. The number of hydrogen-bond acceptors (Lipinski definition) is 7. The maximum Gasteiger partial charge on any atom is 0.233 e. The molecule has 0 saturated heterocycles. The van der Waals surface area contributed by atoms with Crippen LogP contribution in [-0.2, 0) is 10.0 Å². The van der Waals surface area contributed by atoms with Crippen molar-refractivity contribution in [3.05, 3.63) is 0 Å². The van der Waals surface area contributed by atoms with Crippen LogP contribution in [-0.4, -0.2) is 36.1 Å². The first-order valence-electron chi connectivity index (χ1n) is 4.50. The van der Waals surface area contributed by atoms with Crippen molar-refractivity contribution in [3.8, 4) is 0 Å². The summed E-state index contributed by atoms with van der Waals surface area (Å²) in [6, 6.07) is 0. The summed E-state index contributed by atoms with van der Waals surface area (Å²) in [6.07, 6.45) is 1.12. The molecule has 0 radical (unpaired) electrons. The highest BCUT2D eigenvalue weighted by Crippen LogP contribution is 2.13. The number of nitrogens with zero attached hydrogens (tertiary/aromatic N) is 2. The lowest BCUT2D eigenvalue weighted by atomic mass is 10.1. The van der Waals surface area contributed by atoms with Crippen molar-refractivity contribution in [2.45, 2.75) is 19.4 Å². The molecule has 0 amide bonds. The van der Waals surface area contributed by atoms with Crippen LogP contribution in [0.5, 0.6) is 0 Å². The first-order chi connectivity index (χ1) is 7.18. The zero-order chi connectivity index (χ0) is 12.4. The molecule has 0 fully saturated rings. The molecule has 0 aliphatic rings. The van der Waals surface area contributed by atoms with E-state index in [0.29, 0.717) is 11.7 Å². The molecule has 0 aromatic carbocycles. The molecule has 0 atom stereocenters. The molecule has 0 unspecified atom stereocenters. The van der Waals surface area contributed by atoms with E-state index in [9.17, 15) is 8.42 Å². The van der Waals surface area contributed by atoms with E-state index in [-0.39, 0.29) is 5.95 Å². The fourth-order valence-corrected chi connectivity index (χ4v) is 2.71. The Morgan fingerprint density at radius 3 is 2.56 bits per heavy atom. The molecule has 0 spiro atoms. The van der Waals surface area contributed by atoms with Crippen molar-refractivity contribution in [2.75, 3.05) is 23.9 Å². The standard InChI is InChI=1S/C7H15N5O2S2/c1-7(2,12-16(3,13)14)4-9-6-10-5(8)11-15-6/h12H,4H2,1-3H3,(H3,8,9,10,11). The van der Waals surface area contributed by atoms with Crippen LogP contribution in [0.15, 0.2) is 0 Å². The van der Waals surface area contributed by atoms with Crippen molar-refractivity contribution in [2.24, 2.45) is 0 Å². The highest BCUT2D eigenvalue weighted by atomic mass is 32.2. The van der Waals surface area contributed by atoms with Gasteiger partial charge >= 0.3 is 0 Å². The monoisotopic (exact) mass is 265 g/mol. The van der Waals surface area contributed by atoms with E-state index in [1.165, 1.54) is 0 Å². The molecule has 4 N–H and O–H groups in total. The second kappa shape index (κ2) is 4.52. The van der Waals surface area contributed by atoms with E-state index in [1.807, 2.05) is 0 Å². The van der Waals surface area contributed by atoms with Crippen LogP contribution < -0.4 is 15.8 Å².